The molecule has 1 aromatic carbocycles. The molecule has 1 amide bonds. The van der Waals surface area contributed by atoms with Crippen LogP contribution in [0.3, 0.4) is 0 Å². The number of nitrogens with zero attached hydrogens (tertiary/aromatic N) is 3. The molecule has 1 aromatic heterocycles. The standard InChI is InChI=1S/C21H29F2N3O3/c1-13(2)11-26-15(4)17(14(3)24-26)10-20(27)25(5)12-16-7-8-18(29-21(22)23)19(9-16)28-6/h7-9,13,21H,10-12H2,1-6H3. The number of aryl methyl sites for hydroxylation is 1. The molecule has 8 heteroatoms. The normalized spacial score (nSPS) is 11.2. The monoisotopic (exact) mass is 409 g/mol. The predicted octanol–water partition coefficient (Wildman–Crippen LogP) is 3.97. The molecule has 0 unspecified atom stereocenters. The van der Waals surface area contributed by atoms with Crippen molar-refractivity contribution < 1.29 is 23.0 Å². The zero-order chi connectivity index (χ0) is 21.7. The lowest BCUT2D eigenvalue weighted by Crippen LogP contribution is -2.28. The summed E-state index contributed by atoms with van der Waals surface area (Å²) in [5.41, 5.74) is 3.57. The van der Waals surface area contributed by atoms with Crippen LogP contribution in [-0.2, 0) is 24.3 Å². The Kier molecular flexibility index (Phi) is 7.59. The van der Waals surface area contributed by atoms with Gasteiger partial charge < -0.3 is 14.4 Å². The molecule has 0 aliphatic carbocycles. The van der Waals surface area contributed by atoms with E-state index in [1.54, 1.807) is 24.1 Å². The van der Waals surface area contributed by atoms with Gasteiger partial charge >= 0.3 is 6.61 Å². The first-order chi connectivity index (χ1) is 13.6. The van der Waals surface area contributed by atoms with Crippen LogP contribution in [0.25, 0.3) is 0 Å². The molecule has 0 aliphatic heterocycles. The summed E-state index contributed by atoms with van der Waals surface area (Å²) >= 11 is 0. The number of alkyl halides is 2. The van der Waals surface area contributed by atoms with E-state index in [4.69, 9.17) is 4.74 Å². The Morgan fingerprint density at radius 3 is 2.52 bits per heavy atom. The fraction of sp³-hybridized carbons (Fsp3) is 0.524. The van der Waals surface area contributed by atoms with Gasteiger partial charge in [0.1, 0.15) is 0 Å². The largest absolute Gasteiger partial charge is 0.493 e. The van der Waals surface area contributed by atoms with Crippen molar-refractivity contribution in [1.29, 1.82) is 0 Å². The van der Waals surface area contributed by atoms with Crippen LogP contribution < -0.4 is 9.47 Å². The van der Waals surface area contributed by atoms with Gasteiger partial charge in [-0.2, -0.15) is 13.9 Å². The lowest BCUT2D eigenvalue weighted by atomic mass is 10.1. The third kappa shape index (κ3) is 5.92. The second-order valence-corrected chi connectivity index (χ2v) is 7.52. The first kappa shape index (κ1) is 22.6. The molecule has 6 nitrogen and oxygen atoms in total. The van der Waals surface area contributed by atoms with Crippen LogP contribution in [0.4, 0.5) is 8.78 Å². The van der Waals surface area contributed by atoms with E-state index in [-0.39, 0.29) is 23.8 Å². The molecule has 0 spiro atoms. The van der Waals surface area contributed by atoms with Crippen LogP contribution in [0, 0.1) is 19.8 Å². The summed E-state index contributed by atoms with van der Waals surface area (Å²) in [6, 6.07) is 4.66. The number of hydrogen-bond donors (Lipinski definition) is 0. The molecule has 2 rings (SSSR count). The second kappa shape index (κ2) is 9.71. The number of hydrogen-bond acceptors (Lipinski definition) is 4. The van der Waals surface area contributed by atoms with Crippen molar-refractivity contribution in [3.05, 3.63) is 40.7 Å². The highest BCUT2D eigenvalue weighted by Crippen LogP contribution is 2.30. The molecule has 0 radical (unpaired) electrons. The second-order valence-electron chi connectivity index (χ2n) is 7.52. The Labute approximate surface area is 170 Å². The molecule has 0 aliphatic rings. The van der Waals surface area contributed by atoms with Crippen molar-refractivity contribution in [1.82, 2.24) is 14.7 Å². The number of methoxy groups -OCH3 is 1. The van der Waals surface area contributed by atoms with E-state index in [0.717, 1.165) is 29.1 Å². The number of benzene rings is 1. The molecule has 2 aromatic rings. The van der Waals surface area contributed by atoms with Crippen LogP contribution in [0.15, 0.2) is 18.2 Å². The van der Waals surface area contributed by atoms with Gasteiger partial charge in [-0.05, 0) is 37.5 Å². The number of amides is 1. The van der Waals surface area contributed by atoms with Gasteiger partial charge in [0.25, 0.3) is 0 Å². The quantitative estimate of drug-likeness (QED) is 0.629. The predicted molar refractivity (Wildman–Crippen MR) is 106 cm³/mol. The van der Waals surface area contributed by atoms with E-state index in [0.29, 0.717) is 12.5 Å². The van der Waals surface area contributed by atoms with E-state index >= 15 is 0 Å². The molecule has 160 valence electrons. The molecule has 1 heterocycles. The van der Waals surface area contributed by atoms with E-state index in [9.17, 15) is 13.6 Å². The number of halogens is 2. The highest BCUT2D eigenvalue weighted by molar-refractivity contribution is 5.79. The minimum absolute atomic E-state index is 0.0379. The summed E-state index contributed by atoms with van der Waals surface area (Å²) in [7, 11) is 3.09. The molecule has 0 atom stereocenters. The van der Waals surface area contributed by atoms with E-state index < -0.39 is 6.61 Å². The maximum absolute atomic E-state index is 12.8. The van der Waals surface area contributed by atoms with Crippen LogP contribution in [-0.4, -0.2) is 41.4 Å². The number of rotatable bonds is 9. The number of carbonyl (C=O) groups excluding carboxylic acids is 1. The van der Waals surface area contributed by atoms with Gasteiger partial charge in [-0.3, -0.25) is 9.48 Å². The van der Waals surface area contributed by atoms with Crippen molar-refractivity contribution in [2.45, 2.75) is 53.8 Å². The Balaban J connectivity index is 2.09. The molecule has 0 saturated heterocycles. The van der Waals surface area contributed by atoms with Crippen LogP contribution in [0.1, 0.15) is 36.4 Å². The number of aromatic nitrogens is 2. The molecule has 0 saturated carbocycles. The SMILES string of the molecule is COc1cc(CN(C)C(=O)Cc2c(C)nn(CC(C)C)c2C)ccc1OC(F)F. The van der Waals surface area contributed by atoms with Crippen LogP contribution in [0.5, 0.6) is 11.5 Å². The Morgan fingerprint density at radius 1 is 1.24 bits per heavy atom. The smallest absolute Gasteiger partial charge is 0.387 e. The zero-order valence-electron chi connectivity index (χ0n) is 17.8. The average Bonchev–Trinajstić information content (AvgIpc) is 2.89. The maximum atomic E-state index is 12.8. The summed E-state index contributed by atoms with van der Waals surface area (Å²) in [4.78, 5) is 14.4. The summed E-state index contributed by atoms with van der Waals surface area (Å²) < 4.78 is 36.4. The van der Waals surface area contributed by atoms with Crippen molar-refractivity contribution in [2.24, 2.45) is 5.92 Å². The zero-order valence-corrected chi connectivity index (χ0v) is 17.8. The van der Waals surface area contributed by atoms with Gasteiger partial charge in [0.15, 0.2) is 11.5 Å². The third-order valence-electron chi connectivity index (χ3n) is 4.69. The fourth-order valence-corrected chi connectivity index (χ4v) is 3.17. The summed E-state index contributed by atoms with van der Waals surface area (Å²) in [6.45, 7) is 6.35. The number of ether oxygens (including phenoxy) is 2. The van der Waals surface area contributed by atoms with Gasteiger partial charge in [-0.25, -0.2) is 0 Å². The molecular formula is C21H29F2N3O3. The average molecular weight is 409 g/mol. The lowest BCUT2D eigenvalue weighted by molar-refractivity contribution is -0.129. The highest BCUT2D eigenvalue weighted by Gasteiger charge is 2.19. The van der Waals surface area contributed by atoms with Gasteiger partial charge in [-0.1, -0.05) is 19.9 Å². The molecule has 29 heavy (non-hydrogen) atoms. The summed E-state index contributed by atoms with van der Waals surface area (Å²) in [5.74, 6) is 0.577. The van der Waals surface area contributed by atoms with Crippen molar-refractivity contribution in [3.63, 3.8) is 0 Å². The molecule has 0 fully saturated rings. The first-order valence-electron chi connectivity index (χ1n) is 9.50. The number of carbonyl (C=O) groups is 1. The minimum Gasteiger partial charge on any atom is -0.493 e. The summed E-state index contributed by atoms with van der Waals surface area (Å²) in [5, 5.41) is 4.56. The van der Waals surface area contributed by atoms with E-state index in [1.165, 1.54) is 13.2 Å². The Hall–Kier alpha value is -2.64. The van der Waals surface area contributed by atoms with Gasteiger partial charge in [0.2, 0.25) is 5.91 Å². The van der Waals surface area contributed by atoms with E-state index in [1.807, 2.05) is 18.5 Å². The minimum atomic E-state index is -2.93. The topological polar surface area (TPSA) is 56.6 Å². The van der Waals surface area contributed by atoms with Gasteiger partial charge in [-0.15, -0.1) is 0 Å². The highest BCUT2D eigenvalue weighted by atomic mass is 19.3. The maximum Gasteiger partial charge on any atom is 0.387 e. The first-order valence-corrected chi connectivity index (χ1v) is 9.50. The van der Waals surface area contributed by atoms with Crippen LogP contribution in [0.2, 0.25) is 0 Å². The Bertz CT molecular complexity index is 850. The molecular weight excluding hydrogens is 380 g/mol. The summed E-state index contributed by atoms with van der Waals surface area (Å²) in [6.07, 6.45) is 0.260. The number of likely N-dealkylation sites (N-methyl/N-ethyl adjacent to an activating group) is 1. The lowest BCUT2D eigenvalue weighted by Gasteiger charge is -2.19. The van der Waals surface area contributed by atoms with Crippen molar-refractivity contribution >= 4 is 5.91 Å². The molecule has 0 bridgehead atoms. The van der Waals surface area contributed by atoms with Crippen molar-refractivity contribution in [2.75, 3.05) is 14.2 Å². The van der Waals surface area contributed by atoms with Gasteiger partial charge in [0.05, 0.1) is 19.2 Å². The third-order valence-corrected chi connectivity index (χ3v) is 4.69. The van der Waals surface area contributed by atoms with Gasteiger partial charge in [0, 0.05) is 31.4 Å². The van der Waals surface area contributed by atoms with E-state index in [2.05, 4.69) is 23.7 Å². The van der Waals surface area contributed by atoms with Crippen molar-refractivity contribution in [3.8, 4) is 11.5 Å². The fourth-order valence-electron chi connectivity index (χ4n) is 3.17. The molecule has 0 N–H and O–H groups in total. The van der Waals surface area contributed by atoms with Crippen LogP contribution >= 0.6 is 0 Å². The Morgan fingerprint density at radius 2 is 1.93 bits per heavy atom.